The molecular weight excluding hydrogens is 296 g/mol. The van der Waals surface area contributed by atoms with Crippen LogP contribution in [0, 0.1) is 11.3 Å². The average Bonchev–Trinajstić information content (AvgIpc) is 2.52. The van der Waals surface area contributed by atoms with Crippen molar-refractivity contribution in [2.75, 3.05) is 19.6 Å². The van der Waals surface area contributed by atoms with Gasteiger partial charge in [0.15, 0.2) is 0 Å². The molecule has 1 N–H and O–H groups in total. The van der Waals surface area contributed by atoms with Crippen LogP contribution in [0.4, 0.5) is 0 Å². The zero-order chi connectivity index (χ0) is 17.2. The number of rotatable bonds is 2. The van der Waals surface area contributed by atoms with Crippen LogP contribution in [0.15, 0.2) is 0 Å². The normalized spacial score (nSPS) is 26.0. The molecule has 2 aliphatic rings. The molecule has 0 saturated carbocycles. The Morgan fingerprint density at radius 2 is 1.70 bits per heavy atom. The minimum Gasteiger partial charge on any atom is -0.480 e. The third-order valence-corrected chi connectivity index (χ3v) is 4.77. The Balaban J connectivity index is 2.06. The van der Waals surface area contributed by atoms with Gasteiger partial charge in [0, 0.05) is 25.0 Å². The summed E-state index contributed by atoms with van der Waals surface area (Å²) in [7, 11) is 0. The van der Waals surface area contributed by atoms with Crippen molar-refractivity contribution in [2.45, 2.75) is 58.9 Å². The van der Waals surface area contributed by atoms with E-state index in [1.54, 1.807) is 4.90 Å². The number of carbonyl (C=O) groups is 3. The molecule has 2 heterocycles. The first kappa shape index (κ1) is 17.8. The molecule has 2 aliphatic heterocycles. The number of hydrogen-bond acceptors (Lipinski definition) is 3. The van der Waals surface area contributed by atoms with Crippen LogP contribution in [0.5, 0.6) is 0 Å². The second-order valence-corrected chi connectivity index (χ2v) is 7.72. The predicted octanol–water partition coefficient (Wildman–Crippen LogP) is 1.74. The van der Waals surface area contributed by atoms with Crippen LogP contribution < -0.4 is 0 Å². The Morgan fingerprint density at radius 1 is 1.00 bits per heavy atom. The van der Waals surface area contributed by atoms with Gasteiger partial charge in [-0.15, -0.1) is 0 Å². The van der Waals surface area contributed by atoms with Gasteiger partial charge in [-0.3, -0.25) is 9.59 Å². The highest BCUT2D eigenvalue weighted by Crippen LogP contribution is 2.27. The van der Waals surface area contributed by atoms with E-state index in [0.29, 0.717) is 26.1 Å². The van der Waals surface area contributed by atoms with Gasteiger partial charge < -0.3 is 14.9 Å². The van der Waals surface area contributed by atoms with Gasteiger partial charge in [-0.05, 0) is 32.1 Å². The van der Waals surface area contributed by atoms with E-state index in [0.717, 1.165) is 25.7 Å². The highest BCUT2D eigenvalue weighted by atomic mass is 16.4. The van der Waals surface area contributed by atoms with Crippen LogP contribution in [-0.2, 0) is 14.4 Å². The maximum Gasteiger partial charge on any atom is 0.326 e. The topological polar surface area (TPSA) is 77.9 Å². The largest absolute Gasteiger partial charge is 0.480 e. The number of likely N-dealkylation sites (tertiary alicyclic amines) is 2. The summed E-state index contributed by atoms with van der Waals surface area (Å²) < 4.78 is 0. The summed E-state index contributed by atoms with van der Waals surface area (Å²) in [6.07, 6.45) is 3.75. The Bertz CT molecular complexity index is 483. The van der Waals surface area contributed by atoms with E-state index < -0.39 is 17.4 Å². The predicted molar refractivity (Wildman–Crippen MR) is 85.7 cm³/mol. The highest BCUT2D eigenvalue weighted by Gasteiger charge is 2.38. The summed E-state index contributed by atoms with van der Waals surface area (Å²) in [6.45, 7) is 7.25. The third kappa shape index (κ3) is 4.03. The lowest BCUT2D eigenvalue weighted by molar-refractivity contribution is -0.156. The maximum atomic E-state index is 12.8. The molecule has 0 spiro atoms. The number of piperidine rings is 2. The molecule has 0 aromatic heterocycles. The molecule has 0 aromatic carbocycles. The molecule has 0 aliphatic carbocycles. The van der Waals surface area contributed by atoms with E-state index in [4.69, 9.17) is 0 Å². The van der Waals surface area contributed by atoms with Gasteiger partial charge in [-0.1, -0.05) is 20.8 Å². The van der Waals surface area contributed by atoms with E-state index >= 15 is 0 Å². The fourth-order valence-corrected chi connectivity index (χ4v) is 3.52. The summed E-state index contributed by atoms with van der Waals surface area (Å²) >= 11 is 0. The van der Waals surface area contributed by atoms with Crippen molar-refractivity contribution in [1.29, 1.82) is 0 Å². The van der Waals surface area contributed by atoms with Crippen molar-refractivity contribution in [1.82, 2.24) is 9.80 Å². The molecule has 2 rings (SSSR count). The van der Waals surface area contributed by atoms with E-state index in [1.807, 2.05) is 20.8 Å². The molecule has 6 heteroatoms. The average molecular weight is 324 g/mol. The first-order valence-electron chi connectivity index (χ1n) is 8.54. The molecule has 23 heavy (non-hydrogen) atoms. The van der Waals surface area contributed by atoms with Crippen molar-refractivity contribution < 1.29 is 19.5 Å². The van der Waals surface area contributed by atoms with Crippen molar-refractivity contribution in [3.05, 3.63) is 0 Å². The lowest BCUT2D eigenvalue weighted by Crippen LogP contribution is -2.54. The van der Waals surface area contributed by atoms with Crippen LogP contribution in [0.25, 0.3) is 0 Å². The fraction of sp³-hybridized carbons (Fsp3) is 0.824. The lowest BCUT2D eigenvalue weighted by atomic mass is 9.90. The van der Waals surface area contributed by atoms with Crippen LogP contribution in [0.2, 0.25) is 0 Å². The molecule has 2 atom stereocenters. The zero-order valence-corrected chi connectivity index (χ0v) is 14.4. The molecular formula is C17H28N2O4. The summed E-state index contributed by atoms with van der Waals surface area (Å²) in [6, 6.07) is -0.704. The quantitative estimate of drug-likeness (QED) is 0.839. The number of nitrogens with zero attached hydrogens (tertiary/aromatic N) is 2. The van der Waals surface area contributed by atoms with Crippen molar-refractivity contribution in [3.63, 3.8) is 0 Å². The standard InChI is InChI=1S/C17H28N2O4/c1-17(2,3)16(23)18-9-6-7-12(11-18)14(20)19-10-5-4-8-13(19)15(21)22/h12-13H,4-11H2,1-3H3,(H,21,22)/t12-,13-/m1/s1. The monoisotopic (exact) mass is 324 g/mol. The van der Waals surface area contributed by atoms with Gasteiger partial charge in [0.1, 0.15) is 6.04 Å². The summed E-state index contributed by atoms with van der Waals surface area (Å²) in [5.74, 6) is -1.22. The minimum absolute atomic E-state index is 0.0587. The molecule has 0 aromatic rings. The molecule has 0 unspecified atom stereocenters. The Morgan fingerprint density at radius 3 is 2.30 bits per heavy atom. The molecule has 0 bridgehead atoms. The van der Waals surface area contributed by atoms with E-state index in [2.05, 4.69) is 0 Å². The first-order valence-corrected chi connectivity index (χ1v) is 8.54. The number of carboxylic acid groups (broad SMARTS) is 1. The van der Waals surface area contributed by atoms with E-state index in [1.165, 1.54) is 4.90 Å². The number of hydrogen-bond donors (Lipinski definition) is 1. The molecule has 2 amide bonds. The third-order valence-electron chi connectivity index (χ3n) is 4.77. The van der Waals surface area contributed by atoms with Crippen LogP contribution in [-0.4, -0.2) is 58.4 Å². The Labute approximate surface area is 137 Å². The number of carboxylic acids is 1. The van der Waals surface area contributed by atoms with Gasteiger partial charge in [0.25, 0.3) is 0 Å². The van der Waals surface area contributed by atoms with Crippen LogP contribution in [0.1, 0.15) is 52.9 Å². The summed E-state index contributed by atoms with van der Waals surface area (Å²) in [5.41, 5.74) is -0.459. The SMILES string of the molecule is CC(C)(C)C(=O)N1CCC[C@@H](C(=O)N2CCCC[C@@H]2C(=O)O)C1. The fourth-order valence-electron chi connectivity index (χ4n) is 3.52. The van der Waals surface area contributed by atoms with Crippen molar-refractivity contribution in [3.8, 4) is 0 Å². The maximum absolute atomic E-state index is 12.8. The van der Waals surface area contributed by atoms with Gasteiger partial charge in [0.2, 0.25) is 11.8 Å². The minimum atomic E-state index is -0.920. The highest BCUT2D eigenvalue weighted by molar-refractivity contribution is 5.87. The molecule has 2 fully saturated rings. The molecule has 0 radical (unpaired) electrons. The van der Waals surface area contributed by atoms with Gasteiger partial charge in [0.05, 0.1) is 5.92 Å². The molecule has 130 valence electrons. The van der Waals surface area contributed by atoms with Crippen LogP contribution in [0.3, 0.4) is 0 Å². The van der Waals surface area contributed by atoms with Gasteiger partial charge in [-0.2, -0.15) is 0 Å². The number of aliphatic carboxylic acids is 1. The second-order valence-electron chi connectivity index (χ2n) is 7.72. The van der Waals surface area contributed by atoms with E-state index in [-0.39, 0.29) is 17.7 Å². The van der Waals surface area contributed by atoms with E-state index in [9.17, 15) is 19.5 Å². The van der Waals surface area contributed by atoms with Crippen molar-refractivity contribution in [2.24, 2.45) is 11.3 Å². The molecule has 6 nitrogen and oxygen atoms in total. The smallest absolute Gasteiger partial charge is 0.326 e. The Kier molecular flexibility index (Phi) is 5.32. The lowest BCUT2D eigenvalue weighted by Gasteiger charge is -2.40. The van der Waals surface area contributed by atoms with Crippen molar-refractivity contribution >= 4 is 17.8 Å². The first-order chi connectivity index (χ1) is 10.7. The summed E-state index contributed by atoms with van der Waals surface area (Å²) in [5, 5.41) is 9.34. The zero-order valence-electron chi connectivity index (χ0n) is 14.4. The van der Waals surface area contributed by atoms with Gasteiger partial charge >= 0.3 is 5.97 Å². The molecule has 2 saturated heterocycles. The van der Waals surface area contributed by atoms with Gasteiger partial charge in [-0.25, -0.2) is 4.79 Å². The van der Waals surface area contributed by atoms with Crippen LogP contribution >= 0.6 is 0 Å². The second kappa shape index (κ2) is 6.89. The number of carbonyl (C=O) groups excluding carboxylic acids is 2. The summed E-state index contributed by atoms with van der Waals surface area (Å²) in [4.78, 5) is 40.0. The Hall–Kier alpha value is -1.59. The number of amides is 2.